The minimum Gasteiger partial charge on any atom is -0.496 e. The number of para-hydroxylation sites is 1. The van der Waals surface area contributed by atoms with Crippen molar-refractivity contribution in [3.05, 3.63) is 29.8 Å². The van der Waals surface area contributed by atoms with Crippen molar-refractivity contribution in [2.24, 2.45) is 11.7 Å². The number of nitrogens with two attached hydrogens (primary N) is 1. The maximum atomic E-state index is 12.3. The van der Waals surface area contributed by atoms with Gasteiger partial charge in [-0.2, -0.15) is 0 Å². The van der Waals surface area contributed by atoms with Crippen LogP contribution in [-0.4, -0.2) is 25.1 Å². The van der Waals surface area contributed by atoms with E-state index in [0.29, 0.717) is 13.0 Å². The second kappa shape index (κ2) is 10.5. The Balaban J connectivity index is 0.00000484. The summed E-state index contributed by atoms with van der Waals surface area (Å²) in [5, 5.41) is 3.13. The first-order valence-corrected chi connectivity index (χ1v) is 8.13. The Morgan fingerprint density at radius 1 is 1.30 bits per heavy atom. The van der Waals surface area contributed by atoms with E-state index in [9.17, 15) is 4.79 Å². The number of nitrogens with one attached hydrogen (secondary N) is 1. The summed E-state index contributed by atoms with van der Waals surface area (Å²) < 4.78 is 5.37. The van der Waals surface area contributed by atoms with Gasteiger partial charge in [0, 0.05) is 13.0 Å². The fraction of sp³-hybridized carbons (Fsp3) is 0.611. The molecule has 0 saturated carbocycles. The van der Waals surface area contributed by atoms with Gasteiger partial charge in [-0.05, 0) is 36.8 Å². The van der Waals surface area contributed by atoms with Crippen LogP contribution >= 0.6 is 12.4 Å². The molecule has 1 unspecified atom stereocenters. The summed E-state index contributed by atoms with van der Waals surface area (Å²) >= 11 is 0. The Morgan fingerprint density at radius 2 is 1.91 bits per heavy atom. The zero-order valence-electron chi connectivity index (χ0n) is 14.7. The summed E-state index contributed by atoms with van der Waals surface area (Å²) in [6.45, 7) is 6.70. The van der Waals surface area contributed by atoms with Crippen molar-refractivity contribution in [3.63, 3.8) is 0 Å². The van der Waals surface area contributed by atoms with Gasteiger partial charge in [0.25, 0.3) is 0 Å². The normalized spacial score (nSPS) is 12.2. The van der Waals surface area contributed by atoms with Gasteiger partial charge in [-0.1, -0.05) is 39.0 Å². The number of benzene rings is 1. The SMILES string of the molecule is CCC(CC)(CN)NC(=O)CC(C)Cc1ccccc1OC.Cl. The Bertz CT molecular complexity index is 468. The summed E-state index contributed by atoms with van der Waals surface area (Å²) in [6, 6.07) is 7.96. The lowest BCUT2D eigenvalue weighted by Gasteiger charge is -2.32. The van der Waals surface area contributed by atoms with Crippen LogP contribution in [0.3, 0.4) is 0 Å². The molecule has 0 aliphatic heterocycles. The van der Waals surface area contributed by atoms with Gasteiger partial charge >= 0.3 is 0 Å². The molecule has 4 nitrogen and oxygen atoms in total. The highest BCUT2D eigenvalue weighted by molar-refractivity contribution is 5.85. The number of ether oxygens (including phenoxy) is 1. The minimum atomic E-state index is -0.263. The van der Waals surface area contributed by atoms with Gasteiger partial charge in [-0.15, -0.1) is 12.4 Å². The maximum Gasteiger partial charge on any atom is 0.220 e. The van der Waals surface area contributed by atoms with Crippen molar-refractivity contribution >= 4 is 18.3 Å². The van der Waals surface area contributed by atoms with E-state index < -0.39 is 0 Å². The van der Waals surface area contributed by atoms with Gasteiger partial charge in [0.05, 0.1) is 12.6 Å². The topological polar surface area (TPSA) is 64.3 Å². The molecule has 1 rings (SSSR count). The fourth-order valence-corrected chi connectivity index (χ4v) is 2.75. The molecule has 1 atom stereocenters. The average Bonchev–Trinajstić information content (AvgIpc) is 2.53. The van der Waals surface area contributed by atoms with Crippen LogP contribution in [0.5, 0.6) is 5.75 Å². The fourth-order valence-electron chi connectivity index (χ4n) is 2.75. The summed E-state index contributed by atoms with van der Waals surface area (Å²) in [6.07, 6.45) is 3.03. The highest BCUT2D eigenvalue weighted by Gasteiger charge is 2.26. The molecule has 23 heavy (non-hydrogen) atoms. The van der Waals surface area contributed by atoms with Crippen molar-refractivity contribution in [1.82, 2.24) is 5.32 Å². The third-order valence-corrected chi connectivity index (χ3v) is 4.44. The van der Waals surface area contributed by atoms with Gasteiger partial charge in [0.2, 0.25) is 5.91 Å². The predicted molar refractivity (Wildman–Crippen MR) is 98.2 cm³/mol. The molecule has 0 spiro atoms. The Morgan fingerprint density at radius 3 is 2.43 bits per heavy atom. The van der Waals surface area contributed by atoms with E-state index in [0.717, 1.165) is 30.6 Å². The number of carbonyl (C=O) groups excluding carboxylic acids is 1. The predicted octanol–water partition coefficient (Wildman–Crippen LogP) is 3.32. The number of methoxy groups -OCH3 is 1. The molecule has 0 aliphatic carbocycles. The third kappa shape index (κ3) is 6.40. The first kappa shape index (κ1) is 21.7. The summed E-state index contributed by atoms with van der Waals surface area (Å²) in [7, 11) is 1.67. The number of hydrogen-bond acceptors (Lipinski definition) is 3. The van der Waals surface area contributed by atoms with Crippen molar-refractivity contribution in [1.29, 1.82) is 0 Å². The number of rotatable bonds is 9. The molecule has 0 radical (unpaired) electrons. The van der Waals surface area contributed by atoms with E-state index in [4.69, 9.17) is 10.5 Å². The summed E-state index contributed by atoms with van der Waals surface area (Å²) in [5.74, 6) is 1.21. The largest absolute Gasteiger partial charge is 0.496 e. The monoisotopic (exact) mass is 342 g/mol. The third-order valence-electron chi connectivity index (χ3n) is 4.44. The molecule has 1 aromatic carbocycles. The van der Waals surface area contributed by atoms with Crippen LogP contribution in [-0.2, 0) is 11.2 Å². The lowest BCUT2D eigenvalue weighted by atomic mass is 9.91. The van der Waals surface area contributed by atoms with E-state index in [1.807, 2.05) is 18.2 Å². The summed E-state index contributed by atoms with van der Waals surface area (Å²) in [5.41, 5.74) is 6.72. The molecular formula is C18H31ClN2O2. The molecule has 0 aromatic heterocycles. The quantitative estimate of drug-likeness (QED) is 0.723. The number of hydrogen-bond donors (Lipinski definition) is 2. The standard InChI is InChI=1S/C18H30N2O2.ClH/c1-5-18(6-2,13-19)20-17(21)12-14(3)11-15-9-7-8-10-16(15)22-4;/h7-10,14H,5-6,11-13,19H2,1-4H3,(H,20,21);1H. The molecule has 5 heteroatoms. The number of amides is 1. The second-order valence-corrected chi connectivity index (χ2v) is 6.07. The van der Waals surface area contributed by atoms with E-state index in [-0.39, 0.29) is 29.8 Å². The highest BCUT2D eigenvalue weighted by atomic mass is 35.5. The zero-order chi connectivity index (χ0) is 16.6. The molecule has 0 bridgehead atoms. The van der Waals surface area contributed by atoms with E-state index in [2.05, 4.69) is 32.2 Å². The molecule has 132 valence electrons. The first-order valence-electron chi connectivity index (χ1n) is 8.13. The van der Waals surface area contributed by atoms with Crippen molar-refractivity contribution in [3.8, 4) is 5.75 Å². The van der Waals surface area contributed by atoms with Crippen LogP contribution in [0.25, 0.3) is 0 Å². The van der Waals surface area contributed by atoms with Gasteiger partial charge in [-0.3, -0.25) is 4.79 Å². The lowest BCUT2D eigenvalue weighted by molar-refractivity contribution is -0.123. The van der Waals surface area contributed by atoms with Crippen molar-refractivity contribution in [2.45, 2.75) is 52.0 Å². The molecule has 0 aliphatic rings. The van der Waals surface area contributed by atoms with Crippen molar-refractivity contribution < 1.29 is 9.53 Å². The molecule has 0 fully saturated rings. The van der Waals surface area contributed by atoms with Crippen LogP contribution in [0.1, 0.15) is 45.6 Å². The highest BCUT2D eigenvalue weighted by Crippen LogP contribution is 2.22. The average molecular weight is 343 g/mol. The Kier molecular flexibility index (Phi) is 9.93. The van der Waals surface area contributed by atoms with E-state index in [1.165, 1.54) is 0 Å². The Hall–Kier alpha value is -1.26. The van der Waals surface area contributed by atoms with Gasteiger partial charge < -0.3 is 15.8 Å². The molecule has 1 amide bonds. The van der Waals surface area contributed by atoms with Crippen LogP contribution in [0.4, 0.5) is 0 Å². The van der Waals surface area contributed by atoms with Gasteiger partial charge in [-0.25, -0.2) is 0 Å². The van der Waals surface area contributed by atoms with E-state index >= 15 is 0 Å². The lowest BCUT2D eigenvalue weighted by Crippen LogP contribution is -2.53. The summed E-state index contributed by atoms with van der Waals surface area (Å²) in [4.78, 5) is 12.3. The number of halogens is 1. The maximum absolute atomic E-state index is 12.3. The van der Waals surface area contributed by atoms with Crippen molar-refractivity contribution in [2.75, 3.05) is 13.7 Å². The van der Waals surface area contributed by atoms with Crippen LogP contribution in [0.15, 0.2) is 24.3 Å². The van der Waals surface area contributed by atoms with E-state index in [1.54, 1.807) is 7.11 Å². The number of carbonyl (C=O) groups is 1. The van der Waals surface area contributed by atoms with Gasteiger partial charge in [0.1, 0.15) is 5.75 Å². The first-order chi connectivity index (χ1) is 10.5. The van der Waals surface area contributed by atoms with Crippen LogP contribution in [0, 0.1) is 5.92 Å². The molecule has 0 saturated heterocycles. The second-order valence-electron chi connectivity index (χ2n) is 6.07. The smallest absolute Gasteiger partial charge is 0.220 e. The molecule has 1 aromatic rings. The Labute approximate surface area is 146 Å². The molecule has 0 heterocycles. The van der Waals surface area contributed by atoms with Gasteiger partial charge in [0.15, 0.2) is 0 Å². The minimum absolute atomic E-state index is 0. The zero-order valence-corrected chi connectivity index (χ0v) is 15.5. The van der Waals surface area contributed by atoms with Crippen LogP contribution in [0.2, 0.25) is 0 Å². The van der Waals surface area contributed by atoms with Crippen LogP contribution < -0.4 is 15.8 Å². The molecular weight excluding hydrogens is 312 g/mol. The molecule has 3 N–H and O–H groups in total.